The van der Waals surface area contributed by atoms with E-state index in [1.165, 1.54) is 0 Å². The molecule has 0 aliphatic carbocycles. The van der Waals surface area contributed by atoms with Crippen molar-refractivity contribution in [3.8, 4) is 23.7 Å². The molecule has 2 heterocycles. The molecule has 0 aromatic heterocycles. The highest BCUT2D eigenvalue weighted by Gasteiger charge is 2.40. The zero-order valence-electron chi connectivity index (χ0n) is 13.8. The van der Waals surface area contributed by atoms with Crippen LogP contribution in [0.3, 0.4) is 0 Å². The minimum atomic E-state index is -0.745. The molecule has 2 atom stereocenters. The molecular weight excluding hydrogens is 292 g/mol. The van der Waals surface area contributed by atoms with Crippen molar-refractivity contribution in [2.75, 3.05) is 6.61 Å². The molecule has 0 saturated carbocycles. The topological polar surface area (TPSA) is 44.8 Å². The van der Waals surface area contributed by atoms with Crippen LogP contribution in [0.5, 0.6) is 0 Å². The first-order valence-electron chi connectivity index (χ1n) is 7.87. The van der Waals surface area contributed by atoms with E-state index in [0.29, 0.717) is 37.5 Å². The molecule has 2 unspecified atom stereocenters. The fourth-order valence-electron chi connectivity index (χ4n) is 2.38. The van der Waals surface area contributed by atoms with Gasteiger partial charge in [-0.1, -0.05) is 25.7 Å². The van der Waals surface area contributed by atoms with Gasteiger partial charge in [0.1, 0.15) is 11.9 Å². The molecule has 0 radical (unpaired) electrons. The van der Waals surface area contributed by atoms with Gasteiger partial charge in [0.05, 0.1) is 6.61 Å². The summed E-state index contributed by atoms with van der Waals surface area (Å²) in [5.41, 5.74) is 0. The maximum atomic E-state index is 11.7. The standard InChI is InChI=1S/C19H22O4/c1-4-5-6-7-8-16-9-11-19(23-16)12-10-17(14-21-19)22-18(20)13-15(2)3/h8-9,11,15,17H,10,12-14H2,1-3H3/b16-8-. The summed E-state index contributed by atoms with van der Waals surface area (Å²) in [6, 6.07) is 0. The van der Waals surface area contributed by atoms with E-state index in [1.807, 2.05) is 26.0 Å². The third-order valence-electron chi connectivity index (χ3n) is 3.47. The molecule has 1 fully saturated rings. The largest absolute Gasteiger partial charge is 0.460 e. The second-order valence-electron chi connectivity index (χ2n) is 6.00. The fourth-order valence-corrected chi connectivity index (χ4v) is 2.38. The van der Waals surface area contributed by atoms with E-state index in [0.717, 1.165) is 0 Å². The number of ether oxygens (including phenoxy) is 3. The van der Waals surface area contributed by atoms with Gasteiger partial charge in [-0.05, 0) is 43.3 Å². The van der Waals surface area contributed by atoms with Crippen molar-refractivity contribution >= 4 is 5.97 Å². The first kappa shape index (κ1) is 17.2. The highest BCUT2D eigenvalue weighted by Crippen LogP contribution is 2.35. The van der Waals surface area contributed by atoms with Crippen molar-refractivity contribution in [3.63, 3.8) is 0 Å². The minimum absolute atomic E-state index is 0.166. The van der Waals surface area contributed by atoms with E-state index in [9.17, 15) is 4.79 Å². The Labute approximate surface area is 137 Å². The quantitative estimate of drug-likeness (QED) is 0.593. The van der Waals surface area contributed by atoms with Crippen LogP contribution in [0.2, 0.25) is 0 Å². The summed E-state index contributed by atoms with van der Waals surface area (Å²) in [7, 11) is 0. The predicted molar refractivity (Wildman–Crippen MR) is 86.8 cm³/mol. The van der Waals surface area contributed by atoms with Gasteiger partial charge in [-0.3, -0.25) is 4.79 Å². The van der Waals surface area contributed by atoms with Crippen LogP contribution in [-0.2, 0) is 19.0 Å². The van der Waals surface area contributed by atoms with Crippen LogP contribution in [0.15, 0.2) is 24.0 Å². The minimum Gasteiger partial charge on any atom is -0.460 e. The van der Waals surface area contributed by atoms with Gasteiger partial charge in [-0.25, -0.2) is 0 Å². The Morgan fingerprint density at radius 2 is 2.35 bits per heavy atom. The Morgan fingerprint density at radius 1 is 1.52 bits per heavy atom. The maximum Gasteiger partial charge on any atom is 0.306 e. The van der Waals surface area contributed by atoms with Crippen molar-refractivity contribution < 1.29 is 19.0 Å². The molecule has 0 aromatic rings. The van der Waals surface area contributed by atoms with Crippen molar-refractivity contribution in [1.29, 1.82) is 0 Å². The zero-order valence-corrected chi connectivity index (χ0v) is 13.8. The Morgan fingerprint density at radius 3 is 3.00 bits per heavy atom. The van der Waals surface area contributed by atoms with Gasteiger partial charge in [0.25, 0.3) is 0 Å². The van der Waals surface area contributed by atoms with E-state index in [2.05, 4.69) is 23.7 Å². The lowest BCUT2D eigenvalue weighted by Crippen LogP contribution is -2.41. The average molecular weight is 314 g/mol. The average Bonchev–Trinajstić information content (AvgIpc) is 2.89. The van der Waals surface area contributed by atoms with Crippen LogP contribution in [0.4, 0.5) is 0 Å². The number of esters is 1. The van der Waals surface area contributed by atoms with E-state index >= 15 is 0 Å². The first-order chi connectivity index (χ1) is 11.0. The summed E-state index contributed by atoms with van der Waals surface area (Å²) in [4.78, 5) is 11.7. The monoisotopic (exact) mass is 314 g/mol. The molecule has 0 N–H and O–H groups in total. The molecule has 2 rings (SSSR count). The van der Waals surface area contributed by atoms with E-state index < -0.39 is 5.79 Å². The number of rotatable bonds is 3. The van der Waals surface area contributed by atoms with Gasteiger partial charge in [-0.15, -0.1) is 0 Å². The number of allylic oxidation sites excluding steroid dienone is 2. The summed E-state index contributed by atoms with van der Waals surface area (Å²) in [5.74, 6) is 10.9. The number of carbonyl (C=O) groups is 1. The van der Waals surface area contributed by atoms with Crippen LogP contribution in [-0.4, -0.2) is 24.5 Å². The van der Waals surface area contributed by atoms with E-state index in [4.69, 9.17) is 14.2 Å². The normalized spacial score (nSPS) is 27.1. The molecule has 4 heteroatoms. The number of carbonyl (C=O) groups excluding carboxylic acids is 1. The van der Waals surface area contributed by atoms with Crippen LogP contribution in [0.1, 0.15) is 40.0 Å². The lowest BCUT2D eigenvalue weighted by Gasteiger charge is -2.35. The predicted octanol–water partition coefficient (Wildman–Crippen LogP) is 2.95. The molecule has 2 aliphatic heterocycles. The van der Waals surface area contributed by atoms with Gasteiger partial charge in [0, 0.05) is 18.9 Å². The molecule has 4 nitrogen and oxygen atoms in total. The fraction of sp³-hybridized carbons (Fsp3) is 0.526. The smallest absolute Gasteiger partial charge is 0.306 e. The van der Waals surface area contributed by atoms with Gasteiger partial charge in [-0.2, -0.15) is 0 Å². The highest BCUT2D eigenvalue weighted by atomic mass is 16.7. The molecule has 122 valence electrons. The van der Waals surface area contributed by atoms with Crippen molar-refractivity contribution in [1.82, 2.24) is 0 Å². The molecule has 0 aromatic carbocycles. The summed E-state index contributed by atoms with van der Waals surface area (Å²) >= 11 is 0. The third-order valence-corrected chi connectivity index (χ3v) is 3.47. The first-order valence-corrected chi connectivity index (χ1v) is 7.87. The van der Waals surface area contributed by atoms with Gasteiger partial charge in [0.15, 0.2) is 0 Å². The second kappa shape index (κ2) is 7.90. The molecular formula is C19H22O4. The Bertz CT molecular complexity index is 611. The summed E-state index contributed by atoms with van der Waals surface area (Å²) < 4.78 is 17.1. The maximum absolute atomic E-state index is 11.7. The van der Waals surface area contributed by atoms with Crippen molar-refractivity contribution in [2.45, 2.75) is 51.9 Å². The summed E-state index contributed by atoms with van der Waals surface area (Å²) in [5, 5.41) is 0. The Balaban J connectivity index is 1.83. The van der Waals surface area contributed by atoms with E-state index in [-0.39, 0.29) is 12.1 Å². The lowest BCUT2D eigenvalue weighted by molar-refractivity contribution is -0.221. The Kier molecular flexibility index (Phi) is 5.90. The van der Waals surface area contributed by atoms with Gasteiger partial charge >= 0.3 is 5.97 Å². The molecule has 0 bridgehead atoms. The molecule has 23 heavy (non-hydrogen) atoms. The third kappa shape index (κ3) is 5.20. The van der Waals surface area contributed by atoms with Crippen molar-refractivity contribution in [3.05, 3.63) is 24.0 Å². The van der Waals surface area contributed by atoms with E-state index in [1.54, 1.807) is 13.0 Å². The van der Waals surface area contributed by atoms with Gasteiger partial charge in [0.2, 0.25) is 5.79 Å². The molecule has 1 spiro atoms. The highest BCUT2D eigenvalue weighted by molar-refractivity contribution is 5.69. The summed E-state index contributed by atoms with van der Waals surface area (Å²) in [6.07, 6.45) is 7.00. The van der Waals surface area contributed by atoms with Gasteiger partial charge < -0.3 is 14.2 Å². The van der Waals surface area contributed by atoms with Crippen LogP contribution < -0.4 is 0 Å². The van der Waals surface area contributed by atoms with Crippen LogP contribution in [0.25, 0.3) is 0 Å². The zero-order chi connectivity index (χ0) is 16.7. The number of hydrogen-bond acceptors (Lipinski definition) is 4. The number of hydrogen-bond donors (Lipinski definition) is 0. The second-order valence-corrected chi connectivity index (χ2v) is 6.00. The SMILES string of the molecule is CC#CC#C/C=C1/C=CC2(CCC(OC(=O)CC(C)C)CO2)O1. The molecule has 0 amide bonds. The van der Waals surface area contributed by atoms with Crippen molar-refractivity contribution in [2.24, 2.45) is 5.92 Å². The van der Waals surface area contributed by atoms with Crippen LogP contribution in [0, 0.1) is 29.6 Å². The summed E-state index contributed by atoms with van der Waals surface area (Å²) in [6.45, 7) is 6.07. The lowest BCUT2D eigenvalue weighted by atomic mass is 10.0. The molecule has 2 aliphatic rings. The Hall–Kier alpha value is -2.17. The molecule has 1 saturated heterocycles. The van der Waals surface area contributed by atoms with Crippen LogP contribution >= 0.6 is 0 Å².